The molecule has 1 aromatic carbocycles. The van der Waals surface area contributed by atoms with Crippen LogP contribution in [0, 0.1) is 0 Å². The number of benzene rings is 1. The van der Waals surface area contributed by atoms with Gasteiger partial charge in [-0.1, -0.05) is 54.8 Å². The number of hydrogen-bond donors (Lipinski definition) is 0. The van der Waals surface area contributed by atoms with Crippen LogP contribution in [0.5, 0.6) is 0 Å². The van der Waals surface area contributed by atoms with Gasteiger partial charge in [0.2, 0.25) is 0 Å². The van der Waals surface area contributed by atoms with Gasteiger partial charge in [0, 0.05) is 0 Å². The first-order valence-corrected chi connectivity index (χ1v) is 9.36. The summed E-state index contributed by atoms with van der Waals surface area (Å²) in [5, 5.41) is 4.48. The molecule has 2 nitrogen and oxygen atoms in total. The predicted molar refractivity (Wildman–Crippen MR) is 79.6 cm³/mol. The maximum absolute atomic E-state index is 11.0. The predicted octanol–water partition coefficient (Wildman–Crippen LogP) is -7.58. The van der Waals surface area contributed by atoms with Gasteiger partial charge in [0.05, 0.1) is 12.2 Å². The molecule has 1 aromatic rings. The molecule has 0 atom stereocenters. The summed E-state index contributed by atoms with van der Waals surface area (Å²) >= 11 is -0.171. The van der Waals surface area contributed by atoms with Crippen molar-refractivity contribution in [1.29, 1.82) is 0 Å². The molecule has 0 fully saturated rings. The molecule has 0 unspecified atom stereocenters. The first kappa shape index (κ1) is 39.3. The molecule has 0 aliphatic heterocycles. The minimum absolute atomic E-state index is 0. The van der Waals surface area contributed by atoms with Crippen molar-refractivity contribution in [2.24, 2.45) is 0 Å². The normalized spacial score (nSPS) is 7.13. The van der Waals surface area contributed by atoms with Gasteiger partial charge in [0.25, 0.3) is 14.1 Å². The van der Waals surface area contributed by atoms with Gasteiger partial charge in [-0.15, -0.1) is 0 Å². The van der Waals surface area contributed by atoms with Crippen LogP contribution < -0.4 is 49.6 Å². The minimum Gasteiger partial charge on any atom is -1.00 e. The molecule has 0 amide bonds. The van der Waals surface area contributed by atoms with Crippen molar-refractivity contribution in [3.63, 3.8) is 0 Å². The summed E-state index contributed by atoms with van der Waals surface area (Å²) in [6, 6.07) is 8.96. The fourth-order valence-corrected chi connectivity index (χ4v) is 3.39. The van der Waals surface area contributed by atoms with Gasteiger partial charge in [-0.05, 0) is 19.1 Å². The van der Waals surface area contributed by atoms with E-state index in [9.17, 15) is 4.79 Å². The van der Waals surface area contributed by atoms with Crippen LogP contribution in [0.15, 0.2) is 30.3 Å². The largest absolute Gasteiger partial charge is 4.00 e. The molecule has 1 rings (SSSR count). The monoisotopic (exact) mass is 452 g/mol. The van der Waals surface area contributed by atoms with Gasteiger partial charge in [0.15, 0.2) is 0 Å². The van der Waals surface area contributed by atoms with Crippen molar-refractivity contribution in [3.8, 4) is 0 Å². The quantitative estimate of drug-likeness (QED) is 0.327. The van der Waals surface area contributed by atoms with Crippen LogP contribution in [0.3, 0.4) is 0 Å². The third-order valence-electron chi connectivity index (χ3n) is 3.02. The van der Waals surface area contributed by atoms with E-state index in [1.165, 1.54) is 15.8 Å². The fraction of sp³-hybridized carbons (Fsp3) is 0.533. The Kier molecular flexibility index (Phi) is 47.7. The molecule has 23 heavy (non-hydrogen) atoms. The van der Waals surface area contributed by atoms with E-state index in [2.05, 4.69) is 20.8 Å². The Bertz CT molecular complexity index is 323. The SMILES string of the molecule is CCOC(=O)c1ccccc1.C[CH2][Al]([CH2]C)[CH2]C.[Cl-].[Cl-].[Cl-].[Cl-].[Ti+4]. The molecular formula is C15H25AlCl4O2Ti. The van der Waals surface area contributed by atoms with E-state index in [4.69, 9.17) is 4.74 Å². The third kappa shape index (κ3) is 21.1. The van der Waals surface area contributed by atoms with Gasteiger partial charge in [0.1, 0.15) is 0 Å². The number of carbonyl (C=O) groups is 1. The fourth-order valence-electron chi connectivity index (χ4n) is 1.65. The van der Waals surface area contributed by atoms with Crippen molar-refractivity contribution in [2.75, 3.05) is 6.61 Å². The van der Waals surface area contributed by atoms with Crippen LogP contribution in [0.4, 0.5) is 0 Å². The Morgan fingerprint density at radius 1 is 0.870 bits per heavy atom. The second-order valence-corrected chi connectivity index (χ2v) is 8.36. The standard InChI is InChI=1S/C9H10O2.3C2H5.Al.4ClH.Ti/c1-2-11-9(10)8-6-4-3-5-7-8;3*1-2;;;;;;/h3-7H,2H2,1H3;3*1H2,2H3;;4*1H;/q;;;;;;;;;+4/p-4. The van der Waals surface area contributed by atoms with E-state index in [1.807, 2.05) is 18.2 Å². The third-order valence-corrected chi connectivity index (χ3v) is 6.48. The maximum atomic E-state index is 11.0. The summed E-state index contributed by atoms with van der Waals surface area (Å²) in [7, 11) is 0. The molecule has 0 heterocycles. The van der Waals surface area contributed by atoms with Crippen LogP contribution in [0.1, 0.15) is 38.1 Å². The van der Waals surface area contributed by atoms with Crippen LogP contribution >= 0.6 is 0 Å². The van der Waals surface area contributed by atoms with E-state index < -0.39 is 0 Å². The molecule has 132 valence electrons. The number of halogens is 4. The second-order valence-electron chi connectivity index (χ2n) is 4.18. The molecule has 0 aliphatic carbocycles. The maximum Gasteiger partial charge on any atom is 4.00 e. The summed E-state index contributed by atoms with van der Waals surface area (Å²) in [5.41, 5.74) is 0.606. The zero-order valence-electron chi connectivity index (χ0n) is 14.1. The minimum atomic E-state index is -0.256. The van der Waals surface area contributed by atoms with E-state index in [1.54, 1.807) is 19.1 Å². The Balaban J connectivity index is -0.0000000549. The summed E-state index contributed by atoms with van der Waals surface area (Å²) in [6.07, 6.45) is 0. The van der Waals surface area contributed by atoms with Crippen molar-refractivity contribution in [1.82, 2.24) is 0 Å². The summed E-state index contributed by atoms with van der Waals surface area (Å²) in [4.78, 5) is 11.0. The number of esters is 1. The summed E-state index contributed by atoms with van der Waals surface area (Å²) in [6.45, 7) is 9.19. The van der Waals surface area contributed by atoms with Crippen LogP contribution in [-0.2, 0) is 26.5 Å². The van der Waals surface area contributed by atoms with Crippen LogP contribution in [0.2, 0.25) is 15.8 Å². The van der Waals surface area contributed by atoms with Crippen molar-refractivity contribution in [2.45, 2.75) is 43.5 Å². The Morgan fingerprint density at radius 3 is 1.52 bits per heavy atom. The zero-order chi connectivity index (χ0) is 13.8. The van der Waals surface area contributed by atoms with Crippen LogP contribution in [0.25, 0.3) is 0 Å². The van der Waals surface area contributed by atoms with Gasteiger partial charge in [-0.2, -0.15) is 0 Å². The topological polar surface area (TPSA) is 26.3 Å². The zero-order valence-corrected chi connectivity index (χ0v) is 19.9. The van der Waals surface area contributed by atoms with Crippen molar-refractivity contribution >= 4 is 20.1 Å². The first-order valence-electron chi connectivity index (χ1n) is 6.91. The molecule has 0 spiro atoms. The molecule has 0 radical (unpaired) electrons. The Morgan fingerprint density at radius 2 is 1.26 bits per heavy atom. The number of ether oxygens (including phenoxy) is 1. The van der Waals surface area contributed by atoms with E-state index in [0.29, 0.717) is 12.2 Å². The summed E-state index contributed by atoms with van der Waals surface area (Å²) < 4.78 is 4.79. The first-order chi connectivity index (χ1) is 8.69. The molecule has 0 saturated carbocycles. The molecule has 8 heteroatoms. The molecule has 0 aromatic heterocycles. The average Bonchev–Trinajstić information content (AvgIpc) is 2.43. The van der Waals surface area contributed by atoms with Gasteiger partial charge in [-0.3, -0.25) is 0 Å². The number of carbonyl (C=O) groups excluding carboxylic acids is 1. The van der Waals surface area contributed by atoms with Crippen molar-refractivity contribution in [3.05, 3.63) is 35.9 Å². The van der Waals surface area contributed by atoms with Crippen molar-refractivity contribution < 1.29 is 80.9 Å². The molecule has 0 bridgehead atoms. The van der Waals surface area contributed by atoms with E-state index in [-0.39, 0.29) is 91.5 Å². The smallest absolute Gasteiger partial charge is 1.00 e. The molecule has 0 N–H and O–H groups in total. The van der Waals surface area contributed by atoms with E-state index >= 15 is 0 Å². The summed E-state index contributed by atoms with van der Waals surface area (Å²) in [5.74, 6) is -0.256. The van der Waals surface area contributed by atoms with E-state index in [0.717, 1.165) is 0 Å². The number of rotatable bonds is 5. The molecule has 0 saturated heterocycles. The average molecular weight is 454 g/mol. The second kappa shape index (κ2) is 27.9. The number of hydrogen-bond acceptors (Lipinski definition) is 2. The molecule has 0 aliphatic rings. The van der Waals surface area contributed by atoms with Gasteiger partial charge in [-0.25, -0.2) is 4.79 Å². The van der Waals surface area contributed by atoms with Gasteiger partial charge < -0.3 is 54.4 Å². The molecular weight excluding hydrogens is 429 g/mol. The Hall–Kier alpha value is 1.10. The van der Waals surface area contributed by atoms with Crippen LogP contribution in [-0.4, -0.2) is 26.7 Å². The van der Waals surface area contributed by atoms with Gasteiger partial charge >= 0.3 is 27.7 Å². The Labute approximate surface area is 185 Å².